The van der Waals surface area contributed by atoms with Gasteiger partial charge in [-0.05, 0) is 44.2 Å². The van der Waals surface area contributed by atoms with Crippen LogP contribution in [0.25, 0.3) is 10.9 Å². The minimum Gasteiger partial charge on any atom is -0.367 e. The summed E-state index contributed by atoms with van der Waals surface area (Å²) in [6.45, 7) is 4.17. The number of nitrogens with one attached hydrogen (secondary N) is 2. The molecule has 3 aromatic rings. The number of anilines is 3. The number of fused-ring (bicyclic) bond motifs is 1. The van der Waals surface area contributed by atoms with E-state index in [0.29, 0.717) is 11.0 Å². The molecule has 0 spiro atoms. The fourth-order valence-corrected chi connectivity index (χ4v) is 2.40. The minimum absolute atomic E-state index is 0.289. The number of rotatable bonds is 4. The molecule has 0 fully saturated rings. The van der Waals surface area contributed by atoms with Crippen molar-refractivity contribution in [3.8, 4) is 0 Å². The van der Waals surface area contributed by atoms with Crippen LogP contribution in [-0.2, 0) is 0 Å². The quantitative estimate of drug-likeness (QED) is 0.723. The highest BCUT2D eigenvalue weighted by molar-refractivity contribution is 6.30. The predicted molar refractivity (Wildman–Crippen MR) is 93.0 cm³/mol. The first-order valence-electron chi connectivity index (χ1n) is 7.18. The van der Waals surface area contributed by atoms with E-state index in [2.05, 4.69) is 34.4 Å². The van der Waals surface area contributed by atoms with Crippen LogP contribution < -0.4 is 10.6 Å². The summed E-state index contributed by atoms with van der Waals surface area (Å²) < 4.78 is 0. The Bertz CT molecular complexity index is 802. The van der Waals surface area contributed by atoms with Gasteiger partial charge in [0.05, 0.1) is 5.52 Å². The van der Waals surface area contributed by atoms with Crippen LogP contribution in [0, 0.1) is 0 Å². The fourth-order valence-electron chi connectivity index (χ4n) is 2.21. The lowest BCUT2D eigenvalue weighted by molar-refractivity contribution is 0.891. The van der Waals surface area contributed by atoms with E-state index >= 15 is 0 Å². The Morgan fingerprint density at radius 3 is 2.59 bits per heavy atom. The second-order valence-electron chi connectivity index (χ2n) is 5.35. The second kappa shape index (κ2) is 6.20. The predicted octanol–water partition coefficient (Wildman–Crippen LogP) is 4.85. The first-order chi connectivity index (χ1) is 10.6. The van der Waals surface area contributed by atoms with E-state index < -0.39 is 0 Å². The molecule has 0 aliphatic heterocycles. The van der Waals surface area contributed by atoms with Crippen molar-refractivity contribution < 1.29 is 0 Å². The van der Waals surface area contributed by atoms with Crippen LogP contribution >= 0.6 is 11.6 Å². The molecule has 4 nitrogen and oxygen atoms in total. The summed E-state index contributed by atoms with van der Waals surface area (Å²) in [5, 5.41) is 8.25. The van der Waals surface area contributed by atoms with Gasteiger partial charge in [0.2, 0.25) is 5.95 Å². The molecule has 0 radical (unpaired) electrons. The third-order valence-corrected chi connectivity index (χ3v) is 3.34. The zero-order valence-corrected chi connectivity index (χ0v) is 13.2. The molecule has 0 saturated carbocycles. The van der Waals surface area contributed by atoms with E-state index in [1.807, 2.05) is 48.5 Å². The van der Waals surface area contributed by atoms with Gasteiger partial charge < -0.3 is 10.6 Å². The maximum absolute atomic E-state index is 6.01. The third-order valence-electron chi connectivity index (χ3n) is 3.11. The van der Waals surface area contributed by atoms with Crippen LogP contribution in [0.3, 0.4) is 0 Å². The van der Waals surface area contributed by atoms with E-state index in [4.69, 9.17) is 11.6 Å². The van der Waals surface area contributed by atoms with Gasteiger partial charge in [-0.2, -0.15) is 4.98 Å². The first kappa shape index (κ1) is 14.6. The SMILES string of the molecule is CC(C)Nc1nc(Nc2cccc(Cl)c2)nc2ccccc12. The van der Waals surface area contributed by atoms with Crippen LogP contribution in [-0.4, -0.2) is 16.0 Å². The van der Waals surface area contributed by atoms with Crippen LogP contribution in [0.1, 0.15) is 13.8 Å². The van der Waals surface area contributed by atoms with Crippen molar-refractivity contribution in [1.29, 1.82) is 0 Å². The van der Waals surface area contributed by atoms with E-state index in [1.54, 1.807) is 0 Å². The molecule has 0 aliphatic carbocycles. The Hall–Kier alpha value is -2.33. The van der Waals surface area contributed by atoms with Gasteiger partial charge >= 0.3 is 0 Å². The molecule has 0 saturated heterocycles. The average Bonchev–Trinajstić information content (AvgIpc) is 2.46. The molecule has 2 N–H and O–H groups in total. The number of benzene rings is 2. The summed E-state index contributed by atoms with van der Waals surface area (Å²) in [5.41, 5.74) is 1.75. The van der Waals surface area contributed by atoms with Crippen LogP contribution in [0.5, 0.6) is 0 Å². The van der Waals surface area contributed by atoms with E-state index in [1.165, 1.54) is 0 Å². The molecule has 5 heteroatoms. The van der Waals surface area contributed by atoms with Crippen molar-refractivity contribution in [3.63, 3.8) is 0 Å². The summed E-state index contributed by atoms with van der Waals surface area (Å²) in [5.74, 6) is 1.37. The normalized spacial score (nSPS) is 10.9. The molecule has 1 aromatic heterocycles. The third kappa shape index (κ3) is 3.28. The van der Waals surface area contributed by atoms with Crippen molar-refractivity contribution in [2.45, 2.75) is 19.9 Å². The molecule has 0 unspecified atom stereocenters. The Balaban J connectivity index is 2.02. The molecule has 2 aromatic carbocycles. The molecule has 112 valence electrons. The van der Waals surface area contributed by atoms with Crippen molar-refractivity contribution in [2.24, 2.45) is 0 Å². The van der Waals surface area contributed by atoms with Crippen molar-refractivity contribution >= 4 is 40.0 Å². The summed E-state index contributed by atoms with van der Waals surface area (Å²) in [7, 11) is 0. The lowest BCUT2D eigenvalue weighted by atomic mass is 10.2. The molecule has 22 heavy (non-hydrogen) atoms. The highest BCUT2D eigenvalue weighted by atomic mass is 35.5. The molecular weight excluding hydrogens is 296 g/mol. The number of halogens is 1. The molecular formula is C17H17ClN4. The molecule has 0 amide bonds. The molecule has 3 rings (SSSR count). The Kier molecular flexibility index (Phi) is 4.11. The highest BCUT2D eigenvalue weighted by Crippen LogP contribution is 2.24. The van der Waals surface area contributed by atoms with Gasteiger partial charge in [-0.3, -0.25) is 0 Å². The maximum atomic E-state index is 6.01. The molecule has 1 heterocycles. The van der Waals surface area contributed by atoms with Gasteiger partial charge in [0.1, 0.15) is 5.82 Å². The van der Waals surface area contributed by atoms with Crippen molar-refractivity contribution in [1.82, 2.24) is 9.97 Å². The number of hydrogen-bond acceptors (Lipinski definition) is 4. The number of nitrogens with zero attached hydrogens (tertiary/aromatic N) is 2. The number of hydrogen-bond donors (Lipinski definition) is 2. The molecule has 0 bridgehead atoms. The largest absolute Gasteiger partial charge is 0.367 e. The Labute approximate surface area is 134 Å². The summed E-state index contributed by atoms with van der Waals surface area (Å²) >= 11 is 6.01. The van der Waals surface area contributed by atoms with Gasteiger partial charge in [0.25, 0.3) is 0 Å². The second-order valence-corrected chi connectivity index (χ2v) is 5.78. The maximum Gasteiger partial charge on any atom is 0.229 e. The lowest BCUT2D eigenvalue weighted by Gasteiger charge is -2.14. The minimum atomic E-state index is 0.289. The topological polar surface area (TPSA) is 49.8 Å². The summed E-state index contributed by atoms with van der Waals surface area (Å²) in [4.78, 5) is 9.15. The average molecular weight is 313 g/mol. The van der Waals surface area contributed by atoms with E-state index in [0.717, 1.165) is 22.4 Å². The Morgan fingerprint density at radius 1 is 1.00 bits per heavy atom. The monoisotopic (exact) mass is 312 g/mol. The molecule has 0 aliphatic rings. The van der Waals surface area contributed by atoms with Gasteiger partial charge in [0.15, 0.2) is 0 Å². The standard InChI is InChI=1S/C17H17ClN4/c1-11(2)19-16-14-8-3-4-9-15(14)21-17(22-16)20-13-7-5-6-12(18)10-13/h3-11H,1-2H3,(H2,19,20,21,22). The van der Waals surface area contributed by atoms with E-state index in [-0.39, 0.29) is 6.04 Å². The van der Waals surface area contributed by atoms with Gasteiger partial charge in [-0.25, -0.2) is 4.98 Å². The van der Waals surface area contributed by atoms with Crippen molar-refractivity contribution in [3.05, 3.63) is 53.6 Å². The van der Waals surface area contributed by atoms with Gasteiger partial charge in [-0.15, -0.1) is 0 Å². The van der Waals surface area contributed by atoms with Crippen LogP contribution in [0.15, 0.2) is 48.5 Å². The molecule has 0 atom stereocenters. The van der Waals surface area contributed by atoms with Crippen LogP contribution in [0.4, 0.5) is 17.5 Å². The summed E-state index contributed by atoms with van der Waals surface area (Å²) in [6, 6.07) is 15.7. The fraction of sp³-hybridized carbons (Fsp3) is 0.176. The number of para-hydroxylation sites is 1. The smallest absolute Gasteiger partial charge is 0.229 e. The van der Waals surface area contributed by atoms with E-state index in [9.17, 15) is 0 Å². The van der Waals surface area contributed by atoms with Crippen molar-refractivity contribution in [2.75, 3.05) is 10.6 Å². The first-order valence-corrected chi connectivity index (χ1v) is 7.55. The Morgan fingerprint density at radius 2 is 1.82 bits per heavy atom. The zero-order chi connectivity index (χ0) is 15.5. The zero-order valence-electron chi connectivity index (χ0n) is 12.5. The number of aromatic nitrogens is 2. The van der Waals surface area contributed by atoms with Gasteiger partial charge in [-0.1, -0.05) is 29.8 Å². The highest BCUT2D eigenvalue weighted by Gasteiger charge is 2.08. The van der Waals surface area contributed by atoms with Crippen LogP contribution in [0.2, 0.25) is 5.02 Å². The van der Waals surface area contributed by atoms with Gasteiger partial charge in [0, 0.05) is 22.1 Å². The summed E-state index contributed by atoms with van der Waals surface area (Å²) in [6.07, 6.45) is 0. The lowest BCUT2D eigenvalue weighted by Crippen LogP contribution is -2.12.